The van der Waals surface area contributed by atoms with Gasteiger partial charge in [0.15, 0.2) is 0 Å². The number of anilines is 1. The molecule has 25 heavy (non-hydrogen) atoms. The van der Waals surface area contributed by atoms with Crippen LogP contribution in [0.25, 0.3) is 10.9 Å². The van der Waals surface area contributed by atoms with Gasteiger partial charge in [0.2, 0.25) is 6.29 Å². The molecule has 0 aliphatic heterocycles. The highest BCUT2D eigenvalue weighted by Crippen LogP contribution is 2.26. The smallest absolute Gasteiger partial charge is 0.291 e. The van der Waals surface area contributed by atoms with Gasteiger partial charge in [-0.25, -0.2) is 0 Å². The van der Waals surface area contributed by atoms with E-state index < -0.39 is 5.91 Å². The molecule has 2 aromatic carbocycles. The van der Waals surface area contributed by atoms with E-state index in [2.05, 4.69) is 22.0 Å². The number of amides is 1. The van der Waals surface area contributed by atoms with Crippen molar-refractivity contribution in [1.82, 2.24) is 9.88 Å². The molecular formula is C20H21N3O2. The monoisotopic (exact) mass is 335 g/mol. The molecule has 128 valence electrons. The molecule has 5 heteroatoms. The molecule has 0 atom stereocenters. The summed E-state index contributed by atoms with van der Waals surface area (Å²) in [5, 5.41) is 0.934. The van der Waals surface area contributed by atoms with E-state index >= 15 is 0 Å². The van der Waals surface area contributed by atoms with Crippen LogP contribution < -0.4 is 4.90 Å². The number of nitrogens with one attached hydrogen (secondary N) is 1. The maximum atomic E-state index is 12.2. The number of H-pyrrole nitrogens is 1. The molecule has 0 spiro atoms. The topological polar surface area (TPSA) is 56.4 Å². The van der Waals surface area contributed by atoms with Crippen molar-refractivity contribution in [3.8, 4) is 0 Å². The van der Waals surface area contributed by atoms with Crippen LogP contribution in [-0.4, -0.2) is 42.2 Å². The molecule has 3 rings (SSSR count). The third-order valence-electron chi connectivity index (χ3n) is 4.23. The second-order valence-electron chi connectivity index (χ2n) is 6.05. The first-order chi connectivity index (χ1) is 12.2. The van der Waals surface area contributed by atoms with Crippen LogP contribution in [0.4, 0.5) is 5.69 Å². The van der Waals surface area contributed by atoms with E-state index in [0.29, 0.717) is 19.4 Å². The Kier molecular flexibility index (Phi) is 5.26. The molecule has 3 aromatic rings. The lowest BCUT2D eigenvalue weighted by atomic mass is 10.2. The SMILES string of the molecule is CN(CCN(C(=O)C=O)c1c[nH]c2ccccc12)Cc1ccccc1. The molecule has 0 aliphatic rings. The van der Waals surface area contributed by atoms with E-state index in [4.69, 9.17) is 0 Å². The standard InChI is InChI=1S/C20H21N3O2/c1-22(14-16-7-3-2-4-8-16)11-12-23(20(25)15-24)19-13-21-18-10-6-5-9-17(18)19/h2-10,13,15,21H,11-12,14H2,1H3. The summed E-state index contributed by atoms with van der Waals surface area (Å²) in [6.45, 7) is 1.90. The maximum Gasteiger partial charge on any atom is 0.291 e. The van der Waals surface area contributed by atoms with Crippen molar-refractivity contribution in [2.75, 3.05) is 25.0 Å². The summed E-state index contributed by atoms with van der Waals surface area (Å²) >= 11 is 0. The summed E-state index contributed by atoms with van der Waals surface area (Å²) in [5.41, 5.74) is 2.89. The van der Waals surface area contributed by atoms with Gasteiger partial charge in [-0.3, -0.25) is 9.59 Å². The third kappa shape index (κ3) is 3.95. The molecule has 0 saturated carbocycles. The number of para-hydroxylation sites is 1. The minimum atomic E-state index is -0.530. The highest BCUT2D eigenvalue weighted by molar-refractivity contribution is 6.31. The number of likely N-dealkylation sites (N-methyl/N-ethyl adjacent to an activating group) is 1. The summed E-state index contributed by atoms with van der Waals surface area (Å²) in [7, 11) is 2.01. The quantitative estimate of drug-likeness (QED) is 0.533. The van der Waals surface area contributed by atoms with Gasteiger partial charge in [0.1, 0.15) is 0 Å². The largest absolute Gasteiger partial charge is 0.359 e. The van der Waals surface area contributed by atoms with Crippen molar-refractivity contribution in [3.05, 3.63) is 66.4 Å². The van der Waals surface area contributed by atoms with Crippen molar-refractivity contribution in [2.45, 2.75) is 6.54 Å². The molecule has 1 amide bonds. The number of aromatic nitrogens is 1. The summed E-state index contributed by atoms with van der Waals surface area (Å²) in [6, 6.07) is 17.9. The maximum absolute atomic E-state index is 12.2. The summed E-state index contributed by atoms with van der Waals surface area (Å²) in [4.78, 5) is 30.1. The Morgan fingerprint density at radius 1 is 1.04 bits per heavy atom. The van der Waals surface area contributed by atoms with Crippen molar-refractivity contribution >= 4 is 28.8 Å². The molecule has 0 radical (unpaired) electrons. The second-order valence-corrected chi connectivity index (χ2v) is 6.05. The molecule has 0 bridgehead atoms. The van der Waals surface area contributed by atoms with E-state index in [1.54, 1.807) is 6.20 Å². The number of fused-ring (bicyclic) bond motifs is 1. The van der Waals surface area contributed by atoms with Crippen LogP contribution in [0.15, 0.2) is 60.8 Å². The highest BCUT2D eigenvalue weighted by atomic mass is 16.2. The number of rotatable bonds is 7. The fourth-order valence-corrected chi connectivity index (χ4v) is 2.94. The zero-order valence-corrected chi connectivity index (χ0v) is 14.2. The Labute approximate surface area is 146 Å². The molecule has 0 aliphatic carbocycles. The Hall–Kier alpha value is -2.92. The van der Waals surface area contributed by atoms with Gasteiger partial charge < -0.3 is 14.8 Å². The highest BCUT2D eigenvalue weighted by Gasteiger charge is 2.18. The van der Waals surface area contributed by atoms with Crippen LogP contribution in [0.5, 0.6) is 0 Å². The minimum Gasteiger partial charge on any atom is -0.359 e. The Bertz CT molecular complexity index is 858. The zero-order chi connectivity index (χ0) is 17.6. The minimum absolute atomic E-state index is 0.374. The van der Waals surface area contributed by atoms with Gasteiger partial charge in [-0.1, -0.05) is 48.5 Å². The van der Waals surface area contributed by atoms with Crippen LogP contribution in [0.1, 0.15) is 5.56 Å². The first kappa shape index (κ1) is 16.9. The van der Waals surface area contributed by atoms with Crippen molar-refractivity contribution < 1.29 is 9.59 Å². The van der Waals surface area contributed by atoms with Crippen LogP contribution in [0.2, 0.25) is 0 Å². The van der Waals surface area contributed by atoms with Gasteiger partial charge >= 0.3 is 0 Å². The number of nitrogens with zero attached hydrogens (tertiary/aromatic N) is 2. The van der Waals surface area contributed by atoms with Gasteiger partial charge in [-0.2, -0.15) is 0 Å². The Balaban J connectivity index is 1.73. The van der Waals surface area contributed by atoms with Gasteiger partial charge in [0.05, 0.1) is 5.69 Å². The van der Waals surface area contributed by atoms with E-state index in [1.807, 2.05) is 49.5 Å². The number of carbonyl (C=O) groups is 2. The molecular weight excluding hydrogens is 314 g/mol. The number of carbonyl (C=O) groups excluding carboxylic acids is 2. The van der Waals surface area contributed by atoms with Gasteiger partial charge in [0, 0.05) is 36.7 Å². The number of hydrogen-bond acceptors (Lipinski definition) is 3. The molecule has 0 fully saturated rings. The third-order valence-corrected chi connectivity index (χ3v) is 4.23. The van der Waals surface area contributed by atoms with Crippen molar-refractivity contribution in [1.29, 1.82) is 0 Å². The van der Waals surface area contributed by atoms with Crippen LogP contribution in [0.3, 0.4) is 0 Å². The van der Waals surface area contributed by atoms with Crippen molar-refractivity contribution in [2.24, 2.45) is 0 Å². The summed E-state index contributed by atoms with van der Waals surface area (Å²) < 4.78 is 0. The molecule has 0 saturated heterocycles. The van der Waals surface area contributed by atoms with Crippen LogP contribution in [-0.2, 0) is 16.1 Å². The lowest BCUT2D eigenvalue weighted by Crippen LogP contribution is -2.38. The van der Waals surface area contributed by atoms with E-state index in [0.717, 1.165) is 23.1 Å². The fraction of sp³-hybridized carbons (Fsp3) is 0.200. The predicted molar refractivity (Wildman–Crippen MR) is 99.5 cm³/mol. The number of hydrogen-bond donors (Lipinski definition) is 1. The van der Waals surface area contributed by atoms with Gasteiger partial charge in [-0.05, 0) is 18.7 Å². The number of benzene rings is 2. The average molecular weight is 335 g/mol. The van der Waals surface area contributed by atoms with Crippen LogP contribution >= 0.6 is 0 Å². The number of aromatic amines is 1. The molecule has 0 unspecified atom stereocenters. The molecule has 1 N–H and O–H groups in total. The number of aldehydes is 1. The Morgan fingerprint density at radius 3 is 2.52 bits per heavy atom. The molecule has 1 heterocycles. The lowest BCUT2D eigenvalue weighted by Gasteiger charge is -2.24. The lowest BCUT2D eigenvalue weighted by molar-refractivity contribution is -0.129. The zero-order valence-electron chi connectivity index (χ0n) is 14.2. The van der Waals surface area contributed by atoms with Crippen LogP contribution in [0, 0.1) is 0 Å². The van der Waals surface area contributed by atoms with Gasteiger partial charge in [0.25, 0.3) is 5.91 Å². The first-order valence-electron chi connectivity index (χ1n) is 8.24. The first-order valence-corrected chi connectivity index (χ1v) is 8.24. The fourth-order valence-electron chi connectivity index (χ4n) is 2.94. The Morgan fingerprint density at radius 2 is 1.76 bits per heavy atom. The average Bonchev–Trinajstić information content (AvgIpc) is 3.06. The second kappa shape index (κ2) is 7.77. The van der Waals surface area contributed by atoms with Gasteiger partial charge in [-0.15, -0.1) is 0 Å². The van der Waals surface area contributed by atoms with Crippen molar-refractivity contribution in [3.63, 3.8) is 0 Å². The molecule has 5 nitrogen and oxygen atoms in total. The predicted octanol–water partition coefficient (Wildman–Crippen LogP) is 2.83. The van der Waals surface area contributed by atoms with E-state index in [9.17, 15) is 9.59 Å². The summed E-state index contributed by atoms with van der Waals surface area (Å²) in [5.74, 6) is -0.530. The van der Waals surface area contributed by atoms with E-state index in [1.165, 1.54) is 10.5 Å². The van der Waals surface area contributed by atoms with E-state index in [-0.39, 0.29) is 0 Å². The normalized spacial score (nSPS) is 11.0. The summed E-state index contributed by atoms with van der Waals surface area (Å²) in [6.07, 6.45) is 2.15. The molecule has 1 aromatic heterocycles.